The van der Waals surface area contributed by atoms with E-state index in [0.29, 0.717) is 37.0 Å². The van der Waals surface area contributed by atoms with Crippen LogP contribution >= 0.6 is 0 Å². The summed E-state index contributed by atoms with van der Waals surface area (Å²) in [5.74, 6) is -0.358. The van der Waals surface area contributed by atoms with Gasteiger partial charge in [0.2, 0.25) is 12.7 Å². The van der Waals surface area contributed by atoms with Gasteiger partial charge in [0.25, 0.3) is 0 Å². The van der Waals surface area contributed by atoms with Crippen LogP contribution in [0.25, 0.3) is 0 Å². The van der Waals surface area contributed by atoms with Crippen LogP contribution in [0.15, 0.2) is 60.7 Å². The van der Waals surface area contributed by atoms with E-state index in [9.17, 15) is 14.7 Å². The predicted molar refractivity (Wildman–Crippen MR) is 158 cm³/mol. The molecule has 3 aromatic rings. The molecule has 3 atom stereocenters. The molecule has 2 aliphatic rings. The molecule has 0 aromatic heterocycles. The molecule has 2 heterocycles. The van der Waals surface area contributed by atoms with Crippen LogP contribution in [0.2, 0.25) is 0 Å². The zero-order valence-electron chi connectivity index (χ0n) is 24.3. The Kier molecular flexibility index (Phi) is 9.29. The highest BCUT2D eigenvalue weighted by Crippen LogP contribution is 2.47. The van der Waals surface area contributed by atoms with Crippen molar-refractivity contribution in [1.29, 1.82) is 0 Å². The van der Waals surface area contributed by atoms with Gasteiger partial charge >= 0.3 is 5.97 Å². The van der Waals surface area contributed by atoms with Crippen molar-refractivity contribution in [1.82, 2.24) is 4.90 Å². The Morgan fingerprint density at radius 2 is 1.64 bits per heavy atom. The van der Waals surface area contributed by atoms with Gasteiger partial charge in [0.1, 0.15) is 12.4 Å². The second kappa shape index (κ2) is 13.3. The number of methoxy groups -OCH3 is 1. The minimum absolute atomic E-state index is 0.0444. The van der Waals surface area contributed by atoms with Crippen LogP contribution in [0.4, 0.5) is 5.69 Å². The monoisotopic (exact) mass is 574 g/mol. The number of likely N-dealkylation sites (tertiary alicyclic amines) is 1. The molecule has 5 rings (SSSR count). The van der Waals surface area contributed by atoms with Crippen molar-refractivity contribution in [2.24, 2.45) is 5.92 Å². The van der Waals surface area contributed by atoms with Gasteiger partial charge in [0.05, 0.1) is 19.1 Å². The third-order valence-corrected chi connectivity index (χ3v) is 8.10. The number of carbonyl (C=O) groups is 2. The maximum Gasteiger partial charge on any atom is 0.309 e. The standard InChI is InChI=1S/C33H38N2O7/c1-4-21-7-6-8-22(5-2)31(21)34-29(36)19-35-18-26(24-11-14-27-28(17-24)42-20-41-27)30(33(37)38)32(35)23-9-12-25(13-10-23)40-16-15-39-3/h6-14,17,26,30,32H,4-5,15-16,18-20H2,1-3H3,(H,34,36)(H,37,38)/t26-,30-,32+/m0/s1. The van der Waals surface area contributed by atoms with E-state index in [4.69, 9.17) is 18.9 Å². The largest absolute Gasteiger partial charge is 0.491 e. The SMILES string of the molecule is CCc1cccc(CC)c1NC(=O)CN1C[C@@H](c2ccc3c(c2)OCO3)[C@H](C(=O)O)[C@H]1c1ccc(OCCOC)cc1. The van der Waals surface area contributed by atoms with E-state index in [-0.39, 0.29) is 25.2 Å². The van der Waals surface area contributed by atoms with Crippen molar-refractivity contribution in [3.63, 3.8) is 0 Å². The summed E-state index contributed by atoms with van der Waals surface area (Å²) in [5.41, 5.74) is 4.64. The second-order valence-electron chi connectivity index (χ2n) is 10.6. The lowest BCUT2D eigenvalue weighted by Gasteiger charge is -2.27. The Morgan fingerprint density at radius 3 is 2.31 bits per heavy atom. The molecule has 1 saturated heterocycles. The van der Waals surface area contributed by atoms with Gasteiger partial charge in [-0.1, -0.05) is 50.2 Å². The molecular formula is C33H38N2O7. The van der Waals surface area contributed by atoms with Gasteiger partial charge < -0.3 is 29.4 Å². The minimum atomic E-state index is -0.921. The van der Waals surface area contributed by atoms with E-state index >= 15 is 0 Å². The number of anilines is 1. The fraction of sp³-hybridized carbons (Fsp3) is 0.394. The zero-order chi connectivity index (χ0) is 29.6. The van der Waals surface area contributed by atoms with Crippen molar-refractivity contribution in [3.05, 3.63) is 82.9 Å². The third kappa shape index (κ3) is 6.22. The first-order valence-corrected chi connectivity index (χ1v) is 14.4. The first-order valence-electron chi connectivity index (χ1n) is 14.4. The molecular weight excluding hydrogens is 536 g/mol. The highest BCUT2D eigenvalue weighted by atomic mass is 16.7. The number of rotatable bonds is 12. The Morgan fingerprint density at radius 1 is 0.952 bits per heavy atom. The smallest absolute Gasteiger partial charge is 0.309 e. The lowest BCUT2D eigenvalue weighted by atomic mass is 9.82. The Balaban J connectivity index is 1.46. The van der Waals surface area contributed by atoms with Crippen LogP contribution < -0.4 is 19.5 Å². The topological polar surface area (TPSA) is 107 Å². The molecule has 0 aliphatic carbocycles. The average Bonchev–Trinajstić information content (AvgIpc) is 3.62. The molecule has 1 amide bonds. The molecule has 0 unspecified atom stereocenters. The van der Waals surface area contributed by atoms with Gasteiger partial charge in [-0.15, -0.1) is 0 Å². The lowest BCUT2D eigenvalue weighted by molar-refractivity contribution is -0.143. The van der Waals surface area contributed by atoms with E-state index in [1.165, 1.54) is 0 Å². The number of benzene rings is 3. The molecule has 2 N–H and O–H groups in total. The maximum absolute atomic E-state index is 13.6. The number of nitrogens with zero attached hydrogens (tertiary/aromatic N) is 1. The van der Waals surface area contributed by atoms with E-state index in [1.807, 2.05) is 65.6 Å². The number of aryl methyl sites for hydroxylation is 2. The molecule has 3 aromatic carbocycles. The molecule has 9 heteroatoms. The number of ether oxygens (including phenoxy) is 4. The van der Waals surface area contributed by atoms with E-state index in [2.05, 4.69) is 19.2 Å². The highest BCUT2D eigenvalue weighted by Gasteiger charge is 2.48. The summed E-state index contributed by atoms with van der Waals surface area (Å²) < 4.78 is 21.9. The normalized spacial score (nSPS) is 19.5. The molecule has 222 valence electrons. The zero-order valence-corrected chi connectivity index (χ0v) is 24.3. The van der Waals surface area contributed by atoms with Gasteiger partial charge in [-0.25, -0.2) is 0 Å². The van der Waals surface area contributed by atoms with Crippen molar-refractivity contribution < 1.29 is 33.6 Å². The predicted octanol–water partition coefficient (Wildman–Crippen LogP) is 5.05. The summed E-state index contributed by atoms with van der Waals surface area (Å²) in [5, 5.41) is 13.7. The fourth-order valence-electron chi connectivity index (χ4n) is 6.04. The first-order chi connectivity index (χ1) is 20.4. The Bertz CT molecular complexity index is 1390. The summed E-state index contributed by atoms with van der Waals surface area (Å²) in [7, 11) is 1.61. The number of fused-ring (bicyclic) bond motifs is 1. The number of amides is 1. The van der Waals surface area contributed by atoms with Gasteiger partial charge in [0.15, 0.2) is 11.5 Å². The number of carboxylic acid groups (broad SMARTS) is 1. The minimum Gasteiger partial charge on any atom is -0.491 e. The fourth-order valence-corrected chi connectivity index (χ4v) is 6.04. The second-order valence-corrected chi connectivity index (χ2v) is 10.6. The highest BCUT2D eigenvalue weighted by molar-refractivity contribution is 5.94. The first kappa shape index (κ1) is 29.4. The summed E-state index contributed by atoms with van der Waals surface area (Å²) in [6.45, 7) is 5.58. The third-order valence-electron chi connectivity index (χ3n) is 8.10. The van der Waals surface area contributed by atoms with Crippen LogP contribution in [0, 0.1) is 5.92 Å². The maximum atomic E-state index is 13.6. The lowest BCUT2D eigenvalue weighted by Crippen LogP contribution is -2.35. The molecule has 9 nitrogen and oxygen atoms in total. The molecule has 42 heavy (non-hydrogen) atoms. The van der Waals surface area contributed by atoms with E-state index in [1.54, 1.807) is 7.11 Å². The van der Waals surface area contributed by atoms with Crippen LogP contribution in [0.5, 0.6) is 17.2 Å². The van der Waals surface area contributed by atoms with E-state index in [0.717, 1.165) is 40.8 Å². The number of hydrogen-bond donors (Lipinski definition) is 2. The average molecular weight is 575 g/mol. The van der Waals surface area contributed by atoms with Crippen molar-refractivity contribution >= 4 is 17.6 Å². The van der Waals surface area contributed by atoms with Crippen LogP contribution in [0.1, 0.15) is 48.1 Å². The molecule has 0 radical (unpaired) electrons. The summed E-state index contributed by atoms with van der Waals surface area (Å²) >= 11 is 0. The summed E-state index contributed by atoms with van der Waals surface area (Å²) in [6, 6.07) is 18.6. The molecule has 0 spiro atoms. The number of para-hydroxylation sites is 1. The summed E-state index contributed by atoms with van der Waals surface area (Å²) in [6.07, 6.45) is 1.59. The number of carboxylic acids is 1. The number of carbonyl (C=O) groups excluding carboxylic acids is 1. The number of nitrogens with one attached hydrogen (secondary N) is 1. The van der Waals surface area contributed by atoms with Gasteiger partial charge in [-0.2, -0.15) is 0 Å². The van der Waals surface area contributed by atoms with Gasteiger partial charge in [-0.3, -0.25) is 14.5 Å². The van der Waals surface area contributed by atoms with Gasteiger partial charge in [0, 0.05) is 31.3 Å². The summed E-state index contributed by atoms with van der Waals surface area (Å²) in [4.78, 5) is 28.5. The van der Waals surface area contributed by atoms with Crippen molar-refractivity contribution in [2.45, 2.75) is 38.6 Å². The van der Waals surface area contributed by atoms with Crippen molar-refractivity contribution in [3.8, 4) is 17.2 Å². The van der Waals surface area contributed by atoms with Crippen molar-refractivity contribution in [2.75, 3.05) is 45.5 Å². The molecule has 0 bridgehead atoms. The number of hydrogen-bond acceptors (Lipinski definition) is 7. The van der Waals surface area contributed by atoms with Crippen LogP contribution in [0.3, 0.4) is 0 Å². The van der Waals surface area contributed by atoms with Crippen LogP contribution in [-0.4, -0.2) is 62.1 Å². The molecule has 2 aliphatic heterocycles. The quantitative estimate of drug-likeness (QED) is 0.290. The van der Waals surface area contributed by atoms with Gasteiger partial charge in [-0.05, 0) is 59.4 Å². The Hall–Kier alpha value is -4.08. The molecule has 1 fully saturated rings. The molecule has 0 saturated carbocycles. The number of aliphatic carboxylic acids is 1. The van der Waals surface area contributed by atoms with Crippen LogP contribution in [-0.2, 0) is 27.2 Å². The Labute approximate surface area is 246 Å². The van der Waals surface area contributed by atoms with E-state index < -0.39 is 17.9 Å².